The van der Waals surface area contributed by atoms with Crippen molar-refractivity contribution in [3.05, 3.63) is 77.4 Å². The lowest BCUT2D eigenvalue weighted by Gasteiger charge is -2.42. The second-order valence-corrected chi connectivity index (χ2v) is 9.30. The van der Waals surface area contributed by atoms with E-state index in [1.54, 1.807) is 11.3 Å². The molecule has 2 aromatic heterocycles. The third-order valence-electron chi connectivity index (χ3n) is 5.46. The summed E-state index contributed by atoms with van der Waals surface area (Å²) >= 11 is 1.73. The van der Waals surface area contributed by atoms with E-state index in [1.165, 1.54) is 10.4 Å². The van der Waals surface area contributed by atoms with Crippen LogP contribution in [0.3, 0.4) is 0 Å². The van der Waals surface area contributed by atoms with Crippen LogP contribution in [0, 0.1) is 0 Å². The summed E-state index contributed by atoms with van der Waals surface area (Å²) in [4.78, 5) is 21.3. The first-order valence-electron chi connectivity index (χ1n) is 10.7. The molecule has 0 saturated carbocycles. The number of morpholine rings is 1. The quantitative estimate of drug-likeness (QED) is 0.606. The third-order valence-corrected chi connectivity index (χ3v) is 6.38. The van der Waals surface area contributed by atoms with Crippen molar-refractivity contribution in [3.63, 3.8) is 0 Å². The Kier molecular flexibility index (Phi) is 6.80. The molecule has 0 unspecified atom stereocenters. The number of thiophene rings is 1. The summed E-state index contributed by atoms with van der Waals surface area (Å²) in [7, 11) is 0. The zero-order valence-corrected chi connectivity index (χ0v) is 18.9. The normalized spacial score (nSPS) is 19.5. The molecule has 1 atom stereocenters. The van der Waals surface area contributed by atoms with Crippen LogP contribution in [0.15, 0.2) is 66.2 Å². The zero-order chi connectivity index (χ0) is 21.7. The summed E-state index contributed by atoms with van der Waals surface area (Å²) in [6.45, 7) is 6.51. The zero-order valence-electron chi connectivity index (χ0n) is 18.1. The van der Waals surface area contributed by atoms with Gasteiger partial charge in [-0.2, -0.15) is 0 Å². The fourth-order valence-corrected chi connectivity index (χ4v) is 4.72. The fraction of sp³-hybridized carbons (Fsp3) is 0.360. The minimum atomic E-state index is -0.915. The Morgan fingerprint density at radius 1 is 1.19 bits per heavy atom. The van der Waals surface area contributed by atoms with Crippen molar-refractivity contribution in [1.29, 1.82) is 0 Å². The number of nitrogens with one attached hydrogen (secondary N) is 1. The Hall–Kier alpha value is -2.54. The van der Waals surface area contributed by atoms with Gasteiger partial charge in [-0.1, -0.05) is 36.4 Å². The monoisotopic (exact) mass is 435 g/mol. The van der Waals surface area contributed by atoms with Crippen LogP contribution in [0.25, 0.3) is 10.4 Å². The molecule has 1 N–H and O–H groups in total. The Bertz CT molecular complexity index is 974. The topological polar surface area (TPSA) is 54.5 Å². The van der Waals surface area contributed by atoms with E-state index in [4.69, 9.17) is 4.74 Å². The Labute approximate surface area is 188 Å². The molecule has 6 heteroatoms. The van der Waals surface area contributed by atoms with Crippen molar-refractivity contribution >= 4 is 17.2 Å². The molecule has 1 aromatic carbocycles. The van der Waals surface area contributed by atoms with Crippen LogP contribution in [0.1, 0.15) is 25.1 Å². The lowest BCUT2D eigenvalue weighted by molar-refractivity contribution is -0.161. The number of carbonyl (C=O) groups is 1. The van der Waals surface area contributed by atoms with Gasteiger partial charge in [0.1, 0.15) is 0 Å². The summed E-state index contributed by atoms with van der Waals surface area (Å²) in [5.41, 5.74) is 2.38. The summed E-state index contributed by atoms with van der Waals surface area (Å²) < 4.78 is 6.23. The second kappa shape index (κ2) is 9.73. The number of pyridine rings is 1. The lowest BCUT2D eigenvalue weighted by Crippen LogP contribution is -2.61. The standard InChI is InChI=1S/C25H29N3O2S/c1-19(2)27-24(29)25(16-20-8-10-21(11-9-20)23-7-5-15-31-23)18-28(13-14-30-25)17-22-6-3-4-12-26-22/h3-12,15,19H,13-14,16-18H2,1-2H3,(H,27,29)/t25-/m1/s1. The molecule has 162 valence electrons. The van der Waals surface area contributed by atoms with E-state index in [9.17, 15) is 4.79 Å². The summed E-state index contributed by atoms with van der Waals surface area (Å²) in [6.07, 6.45) is 2.35. The molecule has 1 amide bonds. The van der Waals surface area contributed by atoms with Gasteiger partial charge in [0.05, 0.1) is 12.3 Å². The van der Waals surface area contributed by atoms with Gasteiger partial charge in [-0.25, -0.2) is 0 Å². The Balaban J connectivity index is 1.55. The van der Waals surface area contributed by atoms with Crippen LogP contribution in [-0.2, 0) is 22.5 Å². The minimum Gasteiger partial charge on any atom is -0.362 e. The van der Waals surface area contributed by atoms with Crippen molar-refractivity contribution in [2.45, 2.75) is 38.5 Å². The number of nitrogens with zero attached hydrogens (tertiary/aromatic N) is 2. The highest BCUT2D eigenvalue weighted by Gasteiger charge is 2.44. The summed E-state index contributed by atoms with van der Waals surface area (Å²) in [5, 5.41) is 5.17. The molecule has 0 spiro atoms. The molecular formula is C25H29N3O2S. The van der Waals surface area contributed by atoms with E-state index in [0.717, 1.165) is 17.8 Å². The van der Waals surface area contributed by atoms with Crippen LogP contribution in [0.5, 0.6) is 0 Å². The van der Waals surface area contributed by atoms with E-state index in [2.05, 4.69) is 57.0 Å². The number of rotatable bonds is 7. The first-order valence-corrected chi connectivity index (χ1v) is 11.6. The van der Waals surface area contributed by atoms with Crippen LogP contribution in [-0.4, -0.2) is 47.1 Å². The first kappa shape index (κ1) is 21.7. The molecule has 3 heterocycles. The maximum absolute atomic E-state index is 13.3. The molecule has 1 fully saturated rings. The number of aromatic nitrogens is 1. The van der Waals surface area contributed by atoms with Gasteiger partial charge in [-0.05, 0) is 48.6 Å². The van der Waals surface area contributed by atoms with Crippen molar-refractivity contribution in [1.82, 2.24) is 15.2 Å². The average Bonchev–Trinajstić information content (AvgIpc) is 3.30. The molecule has 0 aliphatic carbocycles. The smallest absolute Gasteiger partial charge is 0.254 e. The molecule has 0 radical (unpaired) electrons. The van der Waals surface area contributed by atoms with Crippen LogP contribution >= 0.6 is 11.3 Å². The van der Waals surface area contributed by atoms with E-state index < -0.39 is 5.60 Å². The summed E-state index contributed by atoms with van der Waals surface area (Å²) in [5.74, 6) is -0.0458. The molecular weight excluding hydrogens is 406 g/mol. The van der Waals surface area contributed by atoms with Gasteiger partial charge in [0, 0.05) is 43.2 Å². The predicted octanol–water partition coefficient (Wildman–Crippen LogP) is 4.15. The van der Waals surface area contributed by atoms with Gasteiger partial charge in [0.2, 0.25) is 0 Å². The van der Waals surface area contributed by atoms with E-state index in [1.807, 2.05) is 38.2 Å². The van der Waals surface area contributed by atoms with E-state index >= 15 is 0 Å². The van der Waals surface area contributed by atoms with Crippen LogP contribution in [0.2, 0.25) is 0 Å². The number of carbonyl (C=O) groups excluding carboxylic acids is 1. The molecule has 1 saturated heterocycles. The van der Waals surface area contributed by atoms with Crippen molar-refractivity contribution in [3.8, 4) is 10.4 Å². The van der Waals surface area contributed by atoms with Crippen molar-refractivity contribution < 1.29 is 9.53 Å². The van der Waals surface area contributed by atoms with E-state index in [0.29, 0.717) is 26.1 Å². The second-order valence-electron chi connectivity index (χ2n) is 8.35. The average molecular weight is 436 g/mol. The van der Waals surface area contributed by atoms with Gasteiger partial charge in [0.25, 0.3) is 5.91 Å². The SMILES string of the molecule is CC(C)NC(=O)[C@@]1(Cc2ccc(-c3cccs3)cc2)CN(Cc2ccccn2)CCO1. The fourth-order valence-electron chi connectivity index (χ4n) is 3.99. The largest absolute Gasteiger partial charge is 0.362 e. The van der Waals surface area contributed by atoms with Crippen LogP contribution < -0.4 is 5.32 Å². The predicted molar refractivity (Wildman–Crippen MR) is 125 cm³/mol. The van der Waals surface area contributed by atoms with Gasteiger partial charge < -0.3 is 10.1 Å². The molecule has 1 aliphatic heterocycles. The summed E-state index contributed by atoms with van der Waals surface area (Å²) in [6, 6.07) is 18.7. The Morgan fingerprint density at radius 3 is 2.71 bits per heavy atom. The Morgan fingerprint density at radius 2 is 2.03 bits per heavy atom. The van der Waals surface area contributed by atoms with Crippen LogP contribution in [0.4, 0.5) is 0 Å². The molecule has 0 bridgehead atoms. The van der Waals surface area contributed by atoms with Gasteiger partial charge >= 0.3 is 0 Å². The number of hydrogen-bond donors (Lipinski definition) is 1. The number of hydrogen-bond acceptors (Lipinski definition) is 5. The molecule has 3 aromatic rings. The number of benzene rings is 1. The maximum atomic E-state index is 13.3. The molecule has 1 aliphatic rings. The highest BCUT2D eigenvalue weighted by atomic mass is 32.1. The third kappa shape index (κ3) is 5.39. The molecule has 4 rings (SSSR count). The van der Waals surface area contributed by atoms with Gasteiger partial charge in [-0.15, -0.1) is 11.3 Å². The number of amides is 1. The van der Waals surface area contributed by atoms with E-state index in [-0.39, 0.29) is 11.9 Å². The highest BCUT2D eigenvalue weighted by Crippen LogP contribution is 2.28. The highest BCUT2D eigenvalue weighted by molar-refractivity contribution is 7.13. The first-order chi connectivity index (χ1) is 15.0. The maximum Gasteiger partial charge on any atom is 0.254 e. The molecule has 5 nitrogen and oxygen atoms in total. The number of ether oxygens (including phenoxy) is 1. The van der Waals surface area contributed by atoms with Gasteiger partial charge in [0.15, 0.2) is 5.60 Å². The van der Waals surface area contributed by atoms with Crippen molar-refractivity contribution in [2.75, 3.05) is 19.7 Å². The minimum absolute atomic E-state index is 0.0458. The lowest BCUT2D eigenvalue weighted by atomic mass is 9.90. The van der Waals surface area contributed by atoms with Crippen molar-refractivity contribution in [2.24, 2.45) is 0 Å². The van der Waals surface area contributed by atoms with Gasteiger partial charge in [-0.3, -0.25) is 14.7 Å². The molecule has 31 heavy (non-hydrogen) atoms.